The number of anilines is 1. The molecule has 1 aromatic carbocycles. The first-order valence-electron chi connectivity index (χ1n) is 4.79. The second-order valence-corrected chi connectivity index (χ2v) is 4.11. The molecule has 2 nitrogen and oxygen atoms in total. The Hall–Kier alpha value is -0.730. The van der Waals surface area contributed by atoms with Crippen molar-refractivity contribution in [1.29, 1.82) is 0 Å². The van der Waals surface area contributed by atoms with E-state index in [0.29, 0.717) is 0 Å². The SMILES string of the molecule is Cc1c(Cl)cccc1NC(C)C(C)N. The van der Waals surface area contributed by atoms with Crippen LogP contribution in [0, 0.1) is 6.92 Å². The van der Waals surface area contributed by atoms with E-state index in [2.05, 4.69) is 12.2 Å². The van der Waals surface area contributed by atoms with Crippen molar-refractivity contribution in [1.82, 2.24) is 0 Å². The predicted octanol–water partition coefficient (Wildman–Crippen LogP) is 2.80. The summed E-state index contributed by atoms with van der Waals surface area (Å²) in [6, 6.07) is 6.20. The van der Waals surface area contributed by atoms with Crippen LogP contribution in [0.25, 0.3) is 0 Å². The Morgan fingerprint density at radius 2 is 2.00 bits per heavy atom. The van der Waals surface area contributed by atoms with Crippen molar-refractivity contribution < 1.29 is 0 Å². The van der Waals surface area contributed by atoms with Crippen molar-refractivity contribution in [3.05, 3.63) is 28.8 Å². The molecule has 1 rings (SSSR count). The highest BCUT2D eigenvalue weighted by atomic mass is 35.5. The van der Waals surface area contributed by atoms with Gasteiger partial charge in [-0.15, -0.1) is 0 Å². The van der Waals surface area contributed by atoms with Crippen LogP contribution in [0.15, 0.2) is 18.2 Å². The van der Waals surface area contributed by atoms with Gasteiger partial charge in [-0.1, -0.05) is 17.7 Å². The normalized spacial score (nSPS) is 14.9. The van der Waals surface area contributed by atoms with Gasteiger partial charge in [0.05, 0.1) is 0 Å². The molecule has 2 atom stereocenters. The van der Waals surface area contributed by atoms with Gasteiger partial charge in [0.15, 0.2) is 0 Å². The van der Waals surface area contributed by atoms with Crippen LogP contribution in [0.1, 0.15) is 19.4 Å². The minimum Gasteiger partial charge on any atom is -0.381 e. The van der Waals surface area contributed by atoms with Crippen molar-refractivity contribution >= 4 is 17.3 Å². The number of hydrogen-bond acceptors (Lipinski definition) is 2. The Bertz CT molecular complexity index is 310. The fourth-order valence-electron chi connectivity index (χ4n) is 1.14. The summed E-state index contributed by atoms with van der Waals surface area (Å²) in [5.74, 6) is 0. The average molecular weight is 213 g/mol. The van der Waals surface area contributed by atoms with Crippen LogP contribution in [0.3, 0.4) is 0 Å². The van der Waals surface area contributed by atoms with Gasteiger partial charge in [0.2, 0.25) is 0 Å². The van der Waals surface area contributed by atoms with Gasteiger partial charge < -0.3 is 11.1 Å². The molecule has 0 radical (unpaired) electrons. The maximum absolute atomic E-state index is 6.01. The van der Waals surface area contributed by atoms with Crippen molar-refractivity contribution in [3.8, 4) is 0 Å². The molecule has 3 N–H and O–H groups in total. The summed E-state index contributed by atoms with van der Waals surface area (Å²) in [5.41, 5.74) is 7.91. The molecule has 0 aromatic heterocycles. The van der Waals surface area contributed by atoms with E-state index < -0.39 is 0 Å². The van der Waals surface area contributed by atoms with Gasteiger partial charge >= 0.3 is 0 Å². The highest BCUT2D eigenvalue weighted by Crippen LogP contribution is 2.23. The molecule has 0 bridgehead atoms. The Morgan fingerprint density at radius 3 is 2.57 bits per heavy atom. The third-order valence-electron chi connectivity index (χ3n) is 2.44. The standard InChI is InChI=1S/C11H17ClN2/c1-7-10(12)5-4-6-11(7)14-9(3)8(2)13/h4-6,8-9,14H,13H2,1-3H3. The molecule has 0 aliphatic carbocycles. The number of hydrogen-bond donors (Lipinski definition) is 2. The van der Waals surface area contributed by atoms with Gasteiger partial charge in [0, 0.05) is 22.8 Å². The fraction of sp³-hybridized carbons (Fsp3) is 0.455. The van der Waals surface area contributed by atoms with Crippen LogP contribution in [0.5, 0.6) is 0 Å². The van der Waals surface area contributed by atoms with E-state index >= 15 is 0 Å². The van der Waals surface area contributed by atoms with E-state index in [0.717, 1.165) is 16.3 Å². The van der Waals surface area contributed by atoms with E-state index in [9.17, 15) is 0 Å². The van der Waals surface area contributed by atoms with Crippen LogP contribution in [-0.4, -0.2) is 12.1 Å². The molecule has 0 aliphatic heterocycles. The molecule has 2 unspecified atom stereocenters. The smallest absolute Gasteiger partial charge is 0.0455 e. The highest BCUT2D eigenvalue weighted by Gasteiger charge is 2.09. The minimum absolute atomic E-state index is 0.119. The molecule has 0 saturated carbocycles. The summed E-state index contributed by atoms with van der Waals surface area (Å²) in [4.78, 5) is 0. The molecule has 0 amide bonds. The molecule has 14 heavy (non-hydrogen) atoms. The van der Waals surface area contributed by atoms with Gasteiger partial charge in [-0.25, -0.2) is 0 Å². The Balaban J connectivity index is 2.82. The zero-order valence-corrected chi connectivity index (χ0v) is 9.60. The quantitative estimate of drug-likeness (QED) is 0.809. The predicted molar refractivity (Wildman–Crippen MR) is 62.9 cm³/mol. The monoisotopic (exact) mass is 212 g/mol. The fourth-order valence-corrected chi connectivity index (χ4v) is 1.32. The largest absolute Gasteiger partial charge is 0.381 e. The van der Waals surface area contributed by atoms with Crippen molar-refractivity contribution in [3.63, 3.8) is 0 Å². The first kappa shape index (κ1) is 11.3. The molecule has 3 heteroatoms. The molecular weight excluding hydrogens is 196 g/mol. The second kappa shape index (κ2) is 4.67. The van der Waals surface area contributed by atoms with E-state index in [-0.39, 0.29) is 12.1 Å². The van der Waals surface area contributed by atoms with Crippen LogP contribution >= 0.6 is 11.6 Å². The van der Waals surface area contributed by atoms with Crippen molar-refractivity contribution in [2.24, 2.45) is 5.73 Å². The topological polar surface area (TPSA) is 38.0 Å². The van der Waals surface area contributed by atoms with Crippen LogP contribution in [-0.2, 0) is 0 Å². The first-order valence-corrected chi connectivity index (χ1v) is 5.17. The zero-order chi connectivity index (χ0) is 10.7. The third kappa shape index (κ3) is 2.63. The number of halogens is 1. The lowest BCUT2D eigenvalue weighted by molar-refractivity contribution is 0.638. The van der Waals surface area contributed by atoms with E-state index in [1.54, 1.807) is 0 Å². The molecule has 1 aromatic rings. The molecular formula is C11H17ClN2. The maximum Gasteiger partial charge on any atom is 0.0455 e. The van der Waals surface area contributed by atoms with E-state index in [4.69, 9.17) is 17.3 Å². The van der Waals surface area contributed by atoms with Crippen molar-refractivity contribution in [2.75, 3.05) is 5.32 Å². The number of benzene rings is 1. The molecule has 0 saturated heterocycles. The lowest BCUT2D eigenvalue weighted by Crippen LogP contribution is -2.35. The lowest BCUT2D eigenvalue weighted by atomic mass is 10.1. The van der Waals surface area contributed by atoms with Crippen LogP contribution in [0.4, 0.5) is 5.69 Å². The van der Waals surface area contributed by atoms with Gasteiger partial charge in [0.25, 0.3) is 0 Å². The minimum atomic E-state index is 0.119. The van der Waals surface area contributed by atoms with Gasteiger partial charge in [-0.3, -0.25) is 0 Å². The summed E-state index contributed by atoms with van der Waals surface area (Å²) < 4.78 is 0. The highest BCUT2D eigenvalue weighted by molar-refractivity contribution is 6.31. The van der Waals surface area contributed by atoms with Gasteiger partial charge in [-0.05, 0) is 38.5 Å². The first-order chi connectivity index (χ1) is 6.52. The molecule has 78 valence electrons. The summed E-state index contributed by atoms with van der Waals surface area (Å²) in [6.45, 7) is 6.04. The average Bonchev–Trinajstić information content (AvgIpc) is 2.12. The molecule has 0 heterocycles. The number of nitrogens with one attached hydrogen (secondary N) is 1. The summed E-state index contributed by atoms with van der Waals surface area (Å²) >= 11 is 6.01. The summed E-state index contributed by atoms with van der Waals surface area (Å²) in [7, 11) is 0. The zero-order valence-electron chi connectivity index (χ0n) is 8.84. The number of nitrogens with two attached hydrogens (primary N) is 1. The van der Waals surface area contributed by atoms with Crippen molar-refractivity contribution in [2.45, 2.75) is 32.9 Å². The van der Waals surface area contributed by atoms with E-state index in [1.165, 1.54) is 0 Å². The maximum atomic E-state index is 6.01. The Morgan fingerprint density at radius 1 is 1.36 bits per heavy atom. The molecule has 0 fully saturated rings. The second-order valence-electron chi connectivity index (χ2n) is 3.70. The summed E-state index contributed by atoms with van der Waals surface area (Å²) in [6.07, 6.45) is 0. The Kier molecular flexibility index (Phi) is 3.78. The third-order valence-corrected chi connectivity index (χ3v) is 2.85. The van der Waals surface area contributed by atoms with Gasteiger partial charge in [0.1, 0.15) is 0 Å². The van der Waals surface area contributed by atoms with Crippen LogP contribution in [0.2, 0.25) is 5.02 Å². The Labute approximate surface area is 90.4 Å². The van der Waals surface area contributed by atoms with E-state index in [1.807, 2.05) is 32.0 Å². The van der Waals surface area contributed by atoms with Gasteiger partial charge in [-0.2, -0.15) is 0 Å². The molecule has 0 spiro atoms. The molecule has 0 aliphatic rings. The van der Waals surface area contributed by atoms with Crippen LogP contribution < -0.4 is 11.1 Å². The summed E-state index contributed by atoms with van der Waals surface area (Å²) in [5, 5.41) is 4.13. The lowest BCUT2D eigenvalue weighted by Gasteiger charge is -2.20. The number of rotatable bonds is 3.